The van der Waals surface area contributed by atoms with Crippen LogP contribution in [0.1, 0.15) is 40.9 Å². The van der Waals surface area contributed by atoms with E-state index in [-0.39, 0.29) is 35.1 Å². The van der Waals surface area contributed by atoms with Crippen LogP contribution < -0.4 is 5.32 Å². The average molecular weight is 448 g/mol. The van der Waals surface area contributed by atoms with Crippen molar-refractivity contribution in [2.24, 2.45) is 0 Å². The van der Waals surface area contributed by atoms with Crippen molar-refractivity contribution in [3.8, 4) is 5.75 Å². The van der Waals surface area contributed by atoms with Crippen molar-refractivity contribution in [1.82, 2.24) is 9.88 Å². The summed E-state index contributed by atoms with van der Waals surface area (Å²) >= 11 is 0. The van der Waals surface area contributed by atoms with E-state index in [1.54, 1.807) is 0 Å². The van der Waals surface area contributed by atoms with Gasteiger partial charge in [0.25, 0.3) is 5.91 Å². The molecule has 0 saturated carbocycles. The summed E-state index contributed by atoms with van der Waals surface area (Å²) in [6, 6.07) is 4.55. The van der Waals surface area contributed by atoms with Crippen LogP contribution in [0.4, 0.5) is 13.2 Å². The van der Waals surface area contributed by atoms with E-state index in [0.29, 0.717) is 11.6 Å². The number of carbonyl (C=O) groups is 3. The number of aliphatic carboxylic acids is 1. The number of amides is 1. The number of hydrogen-bond acceptors (Lipinski definition) is 4. The molecule has 2 aromatic carbocycles. The van der Waals surface area contributed by atoms with Crippen molar-refractivity contribution in [3.63, 3.8) is 0 Å². The molecule has 10 heteroatoms. The maximum absolute atomic E-state index is 14.1. The summed E-state index contributed by atoms with van der Waals surface area (Å²) in [5.74, 6) is -7.43. The third-order valence-corrected chi connectivity index (χ3v) is 5.16. The number of fused-ring (bicyclic) bond motifs is 1. The van der Waals surface area contributed by atoms with Gasteiger partial charge in [-0.2, -0.15) is 0 Å². The van der Waals surface area contributed by atoms with Crippen molar-refractivity contribution in [3.05, 3.63) is 64.6 Å². The second kappa shape index (κ2) is 8.74. The number of nitrogens with one attached hydrogen (secondary N) is 1. The number of benzene rings is 2. The molecule has 1 heterocycles. The van der Waals surface area contributed by atoms with Gasteiger partial charge in [-0.3, -0.25) is 19.0 Å². The van der Waals surface area contributed by atoms with Crippen LogP contribution >= 0.6 is 0 Å². The fourth-order valence-corrected chi connectivity index (χ4v) is 3.59. The molecule has 0 radical (unpaired) electrons. The molecule has 3 N–H and O–H groups in total. The molecule has 3 aromatic rings. The number of rotatable bonds is 6. The van der Waals surface area contributed by atoms with Crippen LogP contribution in [-0.4, -0.2) is 39.1 Å². The van der Waals surface area contributed by atoms with Crippen LogP contribution in [0.3, 0.4) is 0 Å². The maximum atomic E-state index is 14.1. The van der Waals surface area contributed by atoms with Crippen LogP contribution in [0.2, 0.25) is 0 Å². The zero-order valence-electron chi connectivity index (χ0n) is 17.1. The third kappa shape index (κ3) is 4.16. The summed E-state index contributed by atoms with van der Waals surface area (Å²) in [5, 5.41) is 21.3. The standard InChI is InChI=1S/C22H19F3N2O5/c1-10(21(31)26-6-5-19(29)30)20-11(2)27(17-9-16(25)18(28)8-13(17)20)22(32)12-3-4-14(23)15(24)7-12/h3-4,7-10,28H,5-6H2,1-2H3,(H,26,31)(H,29,30). The number of aromatic nitrogens is 1. The molecular formula is C22H19F3N2O5. The van der Waals surface area contributed by atoms with Gasteiger partial charge in [0.2, 0.25) is 5.91 Å². The van der Waals surface area contributed by atoms with Crippen LogP contribution in [0.5, 0.6) is 5.75 Å². The molecule has 0 saturated heterocycles. The molecule has 0 spiro atoms. The summed E-state index contributed by atoms with van der Waals surface area (Å²) in [6.07, 6.45) is -0.292. The molecule has 0 aliphatic heterocycles. The smallest absolute Gasteiger partial charge is 0.305 e. The Morgan fingerprint density at radius 3 is 2.38 bits per heavy atom. The van der Waals surface area contributed by atoms with Gasteiger partial charge in [0, 0.05) is 29.3 Å². The van der Waals surface area contributed by atoms with E-state index in [1.165, 1.54) is 13.8 Å². The van der Waals surface area contributed by atoms with Crippen molar-refractivity contribution >= 4 is 28.7 Å². The molecule has 168 valence electrons. The number of carboxylic acids is 1. The Labute approximate surface area is 180 Å². The summed E-state index contributed by atoms with van der Waals surface area (Å²) < 4.78 is 42.2. The van der Waals surface area contributed by atoms with E-state index in [0.717, 1.165) is 28.8 Å². The maximum Gasteiger partial charge on any atom is 0.305 e. The highest BCUT2D eigenvalue weighted by Crippen LogP contribution is 2.36. The van der Waals surface area contributed by atoms with E-state index in [4.69, 9.17) is 5.11 Å². The minimum absolute atomic E-state index is 0.0210. The number of phenolic OH excluding ortho intramolecular Hbond substituents is 1. The lowest BCUT2D eigenvalue weighted by atomic mass is 9.96. The van der Waals surface area contributed by atoms with Crippen LogP contribution in [0.15, 0.2) is 30.3 Å². The second-order valence-corrected chi connectivity index (χ2v) is 7.25. The first-order valence-corrected chi connectivity index (χ1v) is 9.55. The monoisotopic (exact) mass is 448 g/mol. The van der Waals surface area contributed by atoms with Gasteiger partial charge < -0.3 is 15.5 Å². The Morgan fingerprint density at radius 1 is 1.06 bits per heavy atom. The van der Waals surface area contributed by atoms with Crippen molar-refractivity contribution < 1.29 is 37.8 Å². The summed E-state index contributed by atoms with van der Waals surface area (Å²) in [7, 11) is 0. The predicted molar refractivity (Wildman–Crippen MR) is 108 cm³/mol. The van der Waals surface area contributed by atoms with Crippen LogP contribution in [0.25, 0.3) is 10.9 Å². The highest BCUT2D eigenvalue weighted by molar-refractivity contribution is 6.05. The van der Waals surface area contributed by atoms with Gasteiger partial charge >= 0.3 is 5.97 Å². The van der Waals surface area contributed by atoms with Gasteiger partial charge in [-0.15, -0.1) is 0 Å². The number of halogens is 3. The topological polar surface area (TPSA) is 109 Å². The van der Waals surface area contributed by atoms with Crippen molar-refractivity contribution in [2.45, 2.75) is 26.2 Å². The highest BCUT2D eigenvalue weighted by Gasteiger charge is 2.28. The molecule has 1 unspecified atom stereocenters. The van der Waals surface area contributed by atoms with E-state index in [9.17, 15) is 32.7 Å². The highest BCUT2D eigenvalue weighted by atomic mass is 19.2. The van der Waals surface area contributed by atoms with Gasteiger partial charge in [0.05, 0.1) is 17.9 Å². The molecule has 1 atom stereocenters. The minimum Gasteiger partial charge on any atom is -0.505 e. The average Bonchev–Trinajstić information content (AvgIpc) is 2.99. The number of aromatic hydroxyl groups is 1. The third-order valence-electron chi connectivity index (χ3n) is 5.16. The first kappa shape index (κ1) is 22.9. The van der Waals surface area contributed by atoms with Gasteiger partial charge in [-0.1, -0.05) is 0 Å². The molecule has 7 nitrogen and oxygen atoms in total. The number of phenols is 1. The molecule has 0 aliphatic rings. The SMILES string of the molecule is Cc1c(C(C)C(=O)NCCC(=O)O)c2cc(O)c(F)cc2n1C(=O)c1ccc(F)c(F)c1. The molecule has 1 amide bonds. The van der Waals surface area contributed by atoms with E-state index in [1.807, 2.05) is 0 Å². The lowest BCUT2D eigenvalue weighted by Gasteiger charge is -2.13. The van der Waals surface area contributed by atoms with Gasteiger partial charge in [0.15, 0.2) is 23.2 Å². The first-order chi connectivity index (χ1) is 15.0. The molecule has 32 heavy (non-hydrogen) atoms. The number of nitrogens with zero attached hydrogens (tertiary/aromatic N) is 1. The Morgan fingerprint density at radius 2 is 1.75 bits per heavy atom. The zero-order valence-corrected chi connectivity index (χ0v) is 17.1. The van der Waals surface area contributed by atoms with Gasteiger partial charge in [0.1, 0.15) is 0 Å². The normalized spacial score (nSPS) is 12.0. The molecule has 3 rings (SSSR count). The molecular weight excluding hydrogens is 429 g/mol. The molecule has 1 aromatic heterocycles. The van der Waals surface area contributed by atoms with Gasteiger partial charge in [-0.25, -0.2) is 13.2 Å². The number of carboxylic acid groups (broad SMARTS) is 1. The minimum atomic E-state index is -1.24. The van der Waals surface area contributed by atoms with E-state index < -0.39 is 46.9 Å². The van der Waals surface area contributed by atoms with Crippen LogP contribution in [-0.2, 0) is 9.59 Å². The largest absolute Gasteiger partial charge is 0.505 e. The Bertz CT molecular complexity index is 1250. The summed E-state index contributed by atoms with van der Waals surface area (Å²) in [4.78, 5) is 36.4. The summed E-state index contributed by atoms with van der Waals surface area (Å²) in [5.41, 5.74) is 0.329. The quantitative estimate of drug-likeness (QED) is 0.535. The van der Waals surface area contributed by atoms with E-state index in [2.05, 4.69) is 5.32 Å². The predicted octanol–water partition coefficient (Wildman–Crippen LogP) is 3.46. The Hall–Kier alpha value is -3.82. The van der Waals surface area contributed by atoms with Crippen LogP contribution in [0, 0.1) is 24.4 Å². The lowest BCUT2D eigenvalue weighted by molar-refractivity contribution is -0.136. The number of hydrogen-bond donors (Lipinski definition) is 3. The Balaban J connectivity index is 2.14. The second-order valence-electron chi connectivity index (χ2n) is 7.25. The summed E-state index contributed by atoms with van der Waals surface area (Å²) in [6.45, 7) is 2.87. The fraction of sp³-hybridized carbons (Fsp3) is 0.227. The molecule has 0 bridgehead atoms. The van der Waals surface area contributed by atoms with Crippen molar-refractivity contribution in [1.29, 1.82) is 0 Å². The zero-order chi connectivity index (χ0) is 23.7. The Kier molecular flexibility index (Phi) is 6.24. The lowest BCUT2D eigenvalue weighted by Crippen LogP contribution is -2.30. The van der Waals surface area contributed by atoms with Gasteiger partial charge in [-0.05, 0) is 43.7 Å². The molecule has 0 aliphatic carbocycles. The fourth-order valence-electron chi connectivity index (χ4n) is 3.59. The first-order valence-electron chi connectivity index (χ1n) is 9.55. The number of carbonyl (C=O) groups excluding carboxylic acids is 2. The van der Waals surface area contributed by atoms with Crippen molar-refractivity contribution in [2.75, 3.05) is 6.54 Å². The van der Waals surface area contributed by atoms with E-state index >= 15 is 0 Å². The molecule has 0 fully saturated rings.